The van der Waals surface area contributed by atoms with Gasteiger partial charge in [-0.1, -0.05) is 24.3 Å². The van der Waals surface area contributed by atoms with Crippen LogP contribution in [0.5, 0.6) is 0 Å². The van der Waals surface area contributed by atoms with Crippen molar-refractivity contribution in [1.29, 1.82) is 0 Å². The van der Waals surface area contributed by atoms with Gasteiger partial charge in [-0.2, -0.15) is 0 Å². The van der Waals surface area contributed by atoms with Crippen molar-refractivity contribution in [3.63, 3.8) is 0 Å². The van der Waals surface area contributed by atoms with E-state index in [2.05, 4.69) is 10.6 Å². The van der Waals surface area contributed by atoms with Gasteiger partial charge in [0.15, 0.2) is 0 Å². The molecule has 0 aromatic heterocycles. The van der Waals surface area contributed by atoms with Crippen molar-refractivity contribution in [3.8, 4) is 0 Å². The number of hydrogen-bond acceptors (Lipinski definition) is 3. The van der Waals surface area contributed by atoms with E-state index in [4.69, 9.17) is 4.74 Å². The second-order valence-electron chi connectivity index (χ2n) is 5.56. The molecule has 2 aromatic carbocycles. The van der Waals surface area contributed by atoms with Gasteiger partial charge in [-0.25, -0.2) is 8.78 Å². The second-order valence-corrected chi connectivity index (χ2v) is 5.56. The number of methoxy groups -OCH3 is 1. The van der Waals surface area contributed by atoms with Crippen molar-refractivity contribution < 1.29 is 23.1 Å². The molecule has 2 amide bonds. The topological polar surface area (TPSA) is 67.4 Å². The molecule has 25 heavy (non-hydrogen) atoms. The van der Waals surface area contributed by atoms with Gasteiger partial charge in [0, 0.05) is 18.4 Å². The van der Waals surface area contributed by atoms with E-state index in [1.165, 1.54) is 37.4 Å². The standard InChI is InChI=1S/C18H18F2N2O3/c1-18(25-2,14-8-3-4-9-15(14)20)11-21-16(23)17(24)22-13-7-5-6-12(19)10-13/h3-10H,11H2,1-2H3,(H,21,23)(H,22,24). The minimum Gasteiger partial charge on any atom is -0.372 e. The average molecular weight is 348 g/mol. The number of rotatable bonds is 5. The second kappa shape index (κ2) is 7.85. The Bertz CT molecular complexity index is 782. The van der Waals surface area contributed by atoms with Crippen molar-refractivity contribution in [2.24, 2.45) is 0 Å². The fourth-order valence-corrected chi connectivity index (χ4v) is 2.25. The summed E-state index contributed by atoms with van der Waals surface area (Å²) in [5.74, 6) is -2.92. The number of carbonyl (C=O) groups is 2. The number of hydrogen-bond donors (Lipinski definition) is 2. The molecule has 5 nitrogen and oxygen atoms in total. The first-order valence-corrected chi connectivity index (χ1v) is 7.50. The van der Waals surface area contributed by atoms with Crippen LogP contribution < -0.4 is 10.6 Å². The van der Waals surface area contributed by atoms with Gasteiger partial charge < -0.3 is 15.4 Å². The van der Waals surface area contributed by atoms with Crippen LogP contribution in [0.1, 0.15) is 12.5 Å². The van der Waals surface area contributed by atoms with Gasteiger partial charge in [-0.3, -0.25) is 9.59 Å². The molecule has 132 valence electrons. The van der Waals surface area contributed by atoms with E-state index >= 15 is 0 Å². The SMILES string of the molecule is COC(C)(CNC(=O)C(=O)Nc1cccc(F)c1)c1ccccc1F. The smallest absolute Gasteiger partial charge is 0.313 e. The van der Waals surface area contributed by atoms with E-state index in [0.717, 1.165) is 6.07 Å². The van der Waals surface area contributed by atoms with Gasteiger partial charge in [0.25, 0.3) is 0 Å². The van der Waals surface area contributed by atoms with E-state index in [-0.39, 0.29) is 17.8 Å². The zero-order valence-electron chi connectivity index (χ0n) is 13.8. The summed E-state index contributed by atoms with van der Waals surface area (Å²) in [6.07, 6.45) is 0. The first-order valence-electron chi connectivity index (χ1n) is 7.50. The molecule has 0 bridgehead atoms. The Hall–Kier alpha value is -2.80. The summed E-state index contributed by atoms with van der Waals surface area (Å²) in [7, 11) is 1.38. The molecule has 1 unspecified atom stereocenters. The van der Waals surface area contributed by atoms with Crippen LogP contribution in [0.25, 0.3) is 0 Å². The summed E-state index contributed by atoms with van der Waals surface area (Å²) >= 11 is 0. The Morgan fingerprint density at radius 1 is 1.08 bits per heavy atom. The highest BCUT2D eigenvalue weighted by atomic mass is 19.1. The highest BCUT2D eigenvalue weighted by molar-refractivity contribution is 6.39. The van der Waals surface area contributed by atoms with Gasteiger partial charge in [0.05, 0.1) is 6.54 Å². The lowest BCUT2D eigenvalue weighted by Gasteiger charge is -2.29. The summed E-state index contributed by atoms with van der Waals surface area (Å²) in [6, 6.07) is 11.2. The zero-order valence-corrected chi connectivity index (χ0v) is 13.8. The maximum absolute atomic E-state index is 14.0. The summed E-state index contributed by atoms with van der Waals surface area (Å²) in [5, 5.41) is 4.68. The number of amides is 2. The zero-order chi connectivity index (χ0) is 18.4. The molecule has 0 fully saturated rings. The van der Waals surface area contributed by atoms with Gasteiger partial charge in [0.2, 0.25) is 0 Å². The molecule has 0 radical (unpaired) electrons. The first kappa shape index (κ1) is 18.5. The van der Waals surface area contributed by atoms with Gasteiger partial charge in [-0.05, 0) is 31.2 Å². The van der Waals surface area contributed by atoms with Crippen molar-refractivity contribution >= 4 is 17.5 Å². The average Bonchev–Trinajstić information content (AvgIpc) is 2.59. The van der Waals surface area contributed by atoms with Crippen LogP contribution >= 0.6 is 0 Å². The monoisotopic (exact) mass is 348 g/mol. The third-order valence-electron chi connectivity index (χ3n) is 3.77. The third kappa shape index (κ3) is 4.60. The van der Waals surface area contributed by atoms with Crippen LogP contribution in [-0.4, -0.2) is 25.5 Å². The van der Waals surface area contributed by atoms with Crippen LogP contribution in [-0.2, 0) is 19.9 Å². The first-order chi connectivity index (χ1) is 11.9. The molecular formula is C18H18F2N2O3. The fraction of sp³-hybridized carbons (Fsp3) is 0.222. The molecule has 0 aliphatic carbocycles. The minimum atomic E-state index is -1.15. The lowest BCUT2D eigenvalue weighted by atomic mass is 9.95. The summed E-state index contributed by atoms with van der Waals surface area (Å²) < 4.78 is 32.4. The Kier molecular flexibility index (Phi) is 5.82. The van der Waals surface area contributed by atoms with E-state index in [1.807, 2.05) is 0 Å². The van der Waals surface area contributed by atoms with E-state index < -0.39 is 29.0 Å². The Labute approximate surface area is 144 Å². The van der Waals surface area contributed by atoms with Crippen LogP contribution in [0.4, 0.5) is 14.5 Å². The quantitative estimate of drug-likeness (QED) is 0.816. The third-order valence-corrected chi connectivity index (χ3v) is 3.77. The largest absolute Gasteiger partial charge is 0.372 e. The molecule has 2 N–H and O–H groups in total. The van der Waals surface area contributed by atoms with Crippen LogP contribution in [0.2, 0.25) is 0 Å². The summed E-state index contributed by atoms with van der Waals surface area (Å²) in [5.41, 5.74) is -0.743. The predicted molar refractivity (Wildman–Crippen MR) is 88.8 cm³/mol. The normalized spacial score (nSPS) is 13.0. The van der Waals surface area contributed by atoms with Crippen molar-refractivity contribution in [2.75, 3.05) is 19.0 Å². The van der Waals surface area contributed by atoms with Crippen molar-refractivity contribution in [3.05, 3.63) is 65.7 Å². The highest BCUT2D eigenvalue weighted by Gasteiger charge is 2.30. The van der Waals surface area contributed by atoms with E-state index in [1.54, 1.807) is 19.1 Å². The van der Waals surface area contributed by atoms with Gasteiger partial charge in [0.1, 0.15) is 17.2 Å². The van der Waals surface area contributed by atoms with E-state index in [0.29, 0.717) is 0 Å². The van der Waals surface area contributed by atoms with Gasteiger partial charge >= 0.3 is 11.8 Å². The minimum absolute atomic E-state index is 0.125. The molecule has 2 aromatic rings. The van der Waals surface area contributed by atoms with Crippen LogP contribution in [0, 0.1) is 11.6 Å². The molecule has 0 aliphatic heterocycles. The lowest BCUT2D eigenvalue weighted by molar-refractivity contribution is -0.137. The number of benzene rings is 2. The Morgan fingerprint density at radius 3 is 2.44 bits per heavy atom. The van der Waals surface area contributed by atoms with Crippen LogP contribution in [0.15, 0.2) is 48.5 Å². The molecule has 7 heteroatoms. The maximum Gasteiger partial charge on any atom is 0.313 e. The molecule has 2 rings (SSSR count). The molecule has 0 saturated heterocycles. The van der Waals surface area contributed by atoms with E-state index in [9.17, 15) is 18.4 Å². The molecular weight excluding hydrogens is 330 g/mol. The molecule has 0 saturated carbocycles. The lowest BCUT2D eigenvalue weighted by Crippen LogP contribution is -2.44. The van der Waals surface area contributed by atoms with Crippen molar-refractivity contribution in [2.45, 2.75) is 12.5 Å². The molecule has 1 atom stereocenters. The predicted octanol–water partition coefficient (Wildman–Crippen LogP) is 2.58. The van der Waals surface area contributed by atoms with Gasteiger partial charge in [-0.15, -0.1) is 0 Å². The fourth-order valence-electron chi connectivity index (χ4n) is 2.25. The molecule has 0 aliphatic rings. The Balaban J connectivity index is 2.02. The highest BCUT2D eigenvalue weighted by Crippen LogP contribution is 2.26. The molecule has 0 spiro atoms. The molecule has 0 heterocycles. The summed E-state index contributed by atoms with van der Waals surface area (Å²) in [4.78, 5) is 23.8. The van der Waals surface area contributed by atoms with Crippen molar-refractivity contribution in [1.82, 2.24) is 5.32 Å². The number of halogens is 2. The number of ether oxygens (including phenoxy) is 1. The number of nitrogens with one attached hydrogen (secondary N) is 2. The Morgan fingerprint density at radius 2 is 1.80 bits per heavy atom. The number of anilines is 1. The number of carbonyl (C=O) groups excluding carboxylic acids is 2. The van der Waals surface area contributed by atoms with Crippen LogP contribution in [0.3, 0.4) is 0 Å². The summed E-state index contributed by atoms with van der Waals surface area (Å²) in [6.45, 7) is 1.47. The maximum atomic E-state index is 14.0.